The van der Waals surface area contributed by atoms with Crippen molar-refractivity contribution in [3.63, 3.8) is 0 Å². The second-order valence-electron chi connectivity index (χ2n) is 1.96. The topological polar surface area (TPSA) is 46.5 Å². The van der Waals surface area contributed by atoms with Crippen LogP contribution in [0.3, 0.4) is 0 Å². The summed E-state index contributed by atoms with van der Waals surface area (Å²) in [6.07, 6.45) is 2.03. The third-order valence-corrected chi connectivity index (χ3v) is 1.01. The van der Waals surface area contributed by atoms with Gasteiger partial charge in [0.25, 0.3) is 0 Å². The van der Waals surface area contributed by atoms with Crippen molar-refractivity contribution >= 4 is 5.97 Å². The van der Waals surface area contributed by atoms with Gasteiger partial charge in [0.05, 0.1) is 0 Å². The second kappa shape index (κ2) is 5.68. The summed E-state index contributed by atoms with van der Waals surface area (Å²) >= 11 is 0. The van der Waals surface area contributed by atoms with Crippen LogP contribution in [0.15, 0.2) is 25.3 Å². The van der Waals surface area contributed by atoms with Crippen LogP contribution in [0.25, 0.3) is 0 Å². The van der Waals surface area contributed by atoms with Gasteiger partial charge >= 0.3 is 5.97 Å². The van der Waals surface area contributed by atoms with Crippen LogP contribution in [0.1, 0.15) is 6.42 Å². The highest BCUT2D eigenvalue weighted by atomic mass is 16.5. The maximum Gasteiger partial charge on any atom is 0.335 e. The van der Waals surface area contributed by atoms with Crippen LogP contribution in [0.2, 0.25) is 0 Å². The van der Waals surface area contributed by atoms with Gasteiger partial charge in [-0.3, -0.25) is 0 Å². The van der Waals surface area contributed by atoms with Crippen LogP contribution in [-0.2, 0) is 9.53 Å². The van der Waals surface area contributed by atoms with Crippen molar-refractivity contribution in [2.45, 2.75) is 12.5 Å². The van der Waals surface area contributed by atoms with Crippen molar-refractivity contribution in [2.75, 3.05) is 6.61 Å². The minimum absolute atomic E-state index is 0.132. The lowest BCUT2D eigenvalue weighted by molar-refractivity contribution is -0.151. The molecule has 3 nitrogen and oxygen atoms in total. The van der Waals surface area contributed by atoms with Crippen molar-refractivity contribution in [3.8, 4) is 0 Å². The lowest BCUT2D eigenvalue weighted by Crippen LogP contribution is -2.22. The first kappa shape index (κ1) is 9.91. The zero-order valence-electron chi connectivity index (χ0n) is 6.32. The fourth-order valence-corrected chi connectivity index (χ4v) is 0.491. The van der Waals surface area contributed by atoms with Gasteiger partial charge in [-0.25, -0.2) is 4.79 Å². The normalized spacial score (nSPS) is 11.7. The molecule has 1 unspecified atom stereocenters. The number of esters is 1. The fraction of sp³-hybridized carbons (Fsp3) is 0.375. The summed E-state index contributed by atoms with van der Waals surface area (Å²) in [7, 11) is 0. The average molecular weight is 156 g/mol. The Hall–Kier alpha value is -1.09. The predicted molar refractivity (Wildman–Crippen MR) is 42.0 cm³/mol. The van der Waals surface area contributed by atoms with Crippen molar-refractivity contribution < 1.29 is 14.6 Å². The maximum absolute atomic E-state index is 10.7. The van der Waals surface area contributed by atoms with Gasteiger partial charge in [0.2, 0.25) is 0 Å². The first-order valence-corrected chi connectivity index (χ1v) is 3.29. The van der Waals surface area contributed by atoms with E-state index in [4.69, 9.17) is 5.11 Å². The van der Waals surface area contributed by atoms with Crippen LogP contribution in [0.4, 0.5) is 0 Å². The Bertz CT molecular complexity index is 151. The van der Waals surface area contributed by atoms with Crippen molar-refractivity contribution in [2.24, 2.45) is 0 Å². The van der Waals surface area contributed by atoms with Crippen LogP contribution in [0.5, 0.6) is 0 Å². The van der Waals surface area contributed by atoms with Gasteiger partial charge in [-0.2, -0.15) is 0 Å². The molecule has 0 aliphatic carbocycles. The zero-order chi connectivity index (χ0) is 8.69. The molecule has 0 aliphatic heterocycles. The molecule has 0 spiro atoms. The summed E-state index contributed by atoms with van der Waals surface area (Å²) < 4.78 is 4.55. The fourth-order valence-electron chi connectivity index (χ4n) is 0.491. The van der Waals surface area contributed by atoms with Gasteiger partial charge < -0.3 is 9.84 Å². The Morgan fingerprint density at radius 3 is 2.64 bits per heavy atom. The summed E-state index contributed by atoms with van der Waals surface area (Å²) in [4.78, 5) is 10.7. The summed E-state index contributed by atoms with van der Waals surface area (Å²) in [6.45, 7) is 6.87. The van der Waals surface area contributed by atoms with E-state index in [1.807, 2.05) is 0 Å². The molecule has 0 rings (SSSR count). The SMILES string of the molecule is C=CCOC(=O)C(O)CC=C. The smallest absolute Gasteiger partial charge is 0.335 e. The molecule has 0 heterocycles. The first-order chi connectivity index (χ1) is 5.22. The molecule has 1 N–H and O–H groups in total. The molecule has 0 aromatic heterocycles. The maximum atomic E-state index is 10.7. The van der Waals surface area contributed by atoms with E-state index in [2.05, 4.69) is 17.9 Å². The number of carbonyl (C=O) groups is 1. The van der Waals surface area contributed by atoms with Crippen molar-refractivity contribution in [3.05, 3.63) is 25.3 Å². The summed E-state index contributed by atoms with van der Waals surface area (Å²) in [5.74, 6) is -0.634. The Morgan fingerprint density at radius 2 is 2.18 bits per heavy atom. The third-order valence-electron chi connectivity index (χ3n) is 1.01. The number of aliphatic hydroxyl groups is 1. The van der Waals surface area contributed by atoms with Gasteiger partial charge in [0, 0.05) is 6.42 Å². The van der Waals surface area contributed by atoms with E-state index in [9.17, 15) is 4.79 Å². The number of aliphatic hydroxyl groups excluding tert-OH is 1. The number of hydrogen-bond acceptors (Lipinski definition) is 3. The molecule has 0 amide bonds. The van der Waals surface area contributed by atoms with Gasteiger partial charge in [0.1, 0.15) is 6.61 Å². The van der Waals surface area contributed by atoms with E-state index < -0.39 is 12.1 Å². The van der Waals surface area contributed by atoms with Crippen LogP contribution in [-0.4, -0.2) is 23.8 Å². The van der Waals surface area contributed by atoms with E-state index in [-0.39, 0.29) is 13.0 Å². The summed E-state index contributed by atoms with van der Waals surface area (Å²) in [5, 5.41) is 8.96. The molecule has 11 heavy (non-hydrogen) atoms. The van der Waals surface area contributed by atoms with Crippen LogP contribution in [0, 0.1) is 0 Å². The van der Waals surface area contributed by atoms with E-state index in [0.717, 1.165) is 0 Å². The van der Waals surface area contributed by atoms with E-state index >= 15 is 0 Å². The molecule has 0 saturated carbocycles. The number of hydrogen-bond donors (Lipinski definition) is 1. The van der Waals surface area contributed by atoms with E-state index in [1.54, 1.807) is 0 Å². The van der Waals surface area contributed by atoms with Gasteiger partial charge in [-0.1, -0.05) is 18.7 Å². The quantitative estimate of drug-likeness (QED) is 0.469. The number of carbonyl (C=O) groups excluding carboxylic acids is 1. The molecule has 0 bridgehead atoms. The average Bonchev–Trinajstić information content (AvgIpc) is 2.00. The monoisotopic (exact) mass is 156 g/mol. The molecule has 0 aromatic rings. The summed E-state index contributed by atoms with van der Waals surface area (Å²) in [5.41, 5.74) is 0. The molecule has 0 aliphatic rings. The minimum atomic E-state index is -1.09. The Kier molecular flexibility index (Phi) is 5.11. The largest absolute Gasteiger partial charge is 0.460 e. The molecule has 0 radical (unpaired) electrons. The number of rotatable bonds is 5. The van der Waals surface area contributed by atoms with Crippen LogP contribution >= 0.6 is 0 Å². The molecular weight excluding hydrogens is 144 g/mol. The molecule has 0 aromatic carbocycles. The zero-order valence-corrected chi connectivity index (χ0v) is 6.32. The lowest BCUT2D eigenvalue weighted by atomic mass is 10.2. The van der Waals surface area contributed by atoms with Crippen LogP contribution < -0.4 is 0 Å². The number of ether oxygens (including phenoxy) is 1. The molecule has 3 heteroatoms. The van der Waals surface area contributed by atoms with Gasteiger partial charge in [-0.05, 0) is 0 Å². The van der Waals surface area contributed by atoms with Gasteiger partial charge in [-0.15, -0.1) is 6.58 Å². The third kappa shape index (κ3) is 4.33. The minimum Gasteiger partial charge on any atom is -0.460 e. The van der Waals surface area contributed by atoms with Crippen molar-refractivity contribution in [1.29, 1.82) is 0 Å². The molecular formula is C8H12O3. The summed E-state index contributed by atoms with van der Waals surface area (Å²) in [6, 6.07) is 0. The molecule has 0 saturated heterocycles. The van der Waals surface area contributed by atoms with Crippen molar-refractivity contribution in [1.82, 2.24) is 0 Å². The highest BCUT2D eigenvalue weighted by Crippen LogP contribution is 1.95. The Labute approximate surface area is 66.0 Å². The standard InChI is InChI=1S/C8H12O3/c1-3-5-7(9)8(10)11-6-4-2/h3-4,7,9H,1-2,5-6H2. The van der Waals surface area contributed by atoms with Gasteiger partial charge in [0.15, 0.2) is 6.10 Å². The molecule has 62 valence electrons. The molecule has 1 atom stereocenters. The van der Waals surface area contributed by atoms with E-state index in [0.29, 0.717) is 0 Å². The first-order valence-electron chi connectivity index (χ1n) is 3.29. The Balaban J connectivity index is 3.62. The van der Waals surface area contributed by atoms with E-state index in [1.165, 1.54) is 12.2 Å². The predicted octanol–water partition coefficient (Wildman–Crippen LogP) is 0.653. The Morgan fingerprint density at radius 1 is 1.55 bits per heavy atom. The second-order valence-corrected chi connectivity index (χ2v) is 1.96. The lowest BCUT2D eigenvalue weighted by Gasteiger charge is -2.05. The highest BCUT2D eigenvalue weighted by molar-refractivity contribution is 5.74. The molecule has 0 fully saturated rings. The highest BCUT2D eigenvalue weighted by Gasteiger charge is 2.13.